The maximum Gasteiger partial charge on any atom is 0.251 e. The number of aromatic nitrogens is 2. The highest BCUT2D eigenvalue weighted by Crippen LogP contribution is 2.36. The fourth-order valence-electron chi connectivity index (χ4n) is 2.78. The number of nitrogens with zero attached hydrogens (tertiary/aromatic N) is 2. The van der Waals surface area contributed by atoms with Crippen LogP contribution in [0.5, 0.6) is 11.5 Å². The Balaban J connectivity index is 1.41. The lowest BCUT2D eigenvalue weighted by Gasteiger charge is -2.11. The second kappa shape index (κ2) is 7.85. The first-order chi connectivity index (χ1) is 13.6. The molecule has 1 amide bonds. The summed E-state index contributed by atoms with van der Waals surface area (Å²) in [6, 6.07) is 11.4. The van der Waals surface area contributed by atoms with E-state index in [-0.39, 0.29) is 12.7 Å². The SMILES string of the molecule is Cc1ccc(C(=O)NCc2cnn(C)c2)cc1NSc1ccc2c(c1)OCO2. The van der Waals surface area contributed by atoms with Gasteiger partial charge in [-0.2, -0.15) is 5.10 Å². The summed E-state index contributed by atoms with van der Waals surface area (Å²) in [4.78, 5) is 13.5. The van der Waals surface area contributed by atoms with Gasteiger partial charge in [-0.3, -0.25) is 9.48 Å². The molecule has 3 aromatic rings. The Bertz CT molecular complexity index is 1020. The number of rotatable bonds is 6. The smallest absolute Gasteiger partial charge is 0.251 e. The summed E-state index contributed by atoms with van der Waals surface area (Å²) < 4.78 is 15.8. The number of amides is 1. The predicted octanol–water partition coefficient (Wildman–Crippen LogP) is 3.51. The number of benzene rings is 2. The first-order valence-corrected chi connectivity index (χ1v) is 9.59. The van der Waals surface area contributed by atoms with E-state index in [0.717, 1.165) is 33.2 Å². The fraction of sp³-hybridized carbons (Fsp3) is 0.200. The minimum absolute atomic E-state index is 0.125. The third kappa shape index (κ3) is 4.07. The molecule has 7 nitrogen and oxygen atoms in total. The molecule has 0 spiro atoms. The van der Waals surface area contributed by atoms with Crippen LogP contribution >= 0.6 is 11.9 Å². The van der Waals surface area contributed by atoms with Crippen molar-refractivity contribution in [3.63, 3.8) is 0 Å². The highest BCUT2D eigenvalue weighted by Gasteiger charge is 2.14. The van der Waals surface area contributed by atoms with Crippen molar-refractivity contribution >= 4 is 23.5 Å². The molecule has 0 atom stereocenters. The summed E-state index contributed by atoms with van der Waals surface area (Å²) in [6.45, 7) is 2.70. The highest BCUT2D eigenvalue weighted by molar-refractivity contribution is 8.00. The summed E-state index contributed by atoms with van der Waals surface area (Å²) in [5, 5.41) is 7.02. The number of aryl methyl sites for hydroxylation is 2. The van der Waals surface area contributed by atoms with Crippen molar-refractivity contribution in [2.75, 3.05) is 11.5 Å². The van der Waals surface area contributed by atoms with E-state index in [1.165, 1.54) is 11.9 Å². The largest absolute Gasteiger partial charge is 0.454 e. The summed E-state index contributed by atoms with van der Waals surface area (Å²) >= 11 is 1.46. The van der Waals surface area contributed by atoms with Crippen molar-refractivity contribution < 1.29 is 14.3 Å². The number of carbonyl (C=O) groups is 1. The minimum Gasteiger partial charge on any atom is -0.454 e. The van der Waals surface area contributed by atoms with Gasteiger partial charge < -0.3 is 19.5 Å². The van der Waals surface area contributed by atoms with Gasteiger partial charge in [0.1, 0.15) is 0 Å². The van der Waals surface area contributed by atoms with Gasteiger partial charge in [0.25, 0.3) is 5.91 Å². The number of anilines is 1. The number of ether oxygens (including phenoxy) is 2. The molecule has 0 radical (unpaired) electrons. The molecule has 2 heterocycles. The van der Waals surface area contributed by atoms with Gasteiger partial charge in [-0.25, -0.2) is 0 Å². The zero-order valence-electron chi connectivity index (χ0n) is 15.6. The monoisotopic (exact) mass is 396 g/mol. The van der Waals surface area contributed by atoms with Crippen LogP contribution in [0.2, 0.25) is 0 Å². The van der Waals surface area contributed by atoms with Crippen molar-refractivity contribution in [1.29, 1.82) is 0 Å². The van der Waals surface area contributed by atoms with Crippen LogP contribution in [0.1, 0.15) is 21.5 Å². The molecule has 8 heteroatoms. The van der Waals surface area contributed by atoms with Crippen molar-refractivity contribution in [1.82, 2.24) is 15.1 Å². The molecule has 1 aromatic heterocycles. The van der Waals surface area contributed by atoms with Gasteiger partial charge in [-0.05, 0) is 54.8 Å². The van der Waals surface area contributed by atoms with E-state index in [0.29, 0.717) is 12.1 Å². The summed E-state index contributed by atoms with van der Waals surface area (Å²) in [6.07, 6.45) is 3.62. The summed E-state index contributed by atoms with van der Waals surface area (Å²) in [5.41, 5.74) is 3.50. The van der Waals surface area contributed by atoms with Gasteiger partial charge >= 0.3 is 0 Å². The molecule has 0 saturated heterocycles. The number of carbonyl (C=O) groups excluding carboxylic acids is 1. The highest BCUT2D eigenvalue weighted by atomic mass is 32.2. The van der Waals surface area contributed by atoms with Crippen molar-refractivity contribution in [3.8, 4) is 11.5 Å². The van der Waals surface area contributed by atoms with Crippen LogP contribution in [0.25, 0.3) is 0 Å². The molecule has 0 aliphatic carbocycles. The van der Waals surface area contributed by atoms with Gasteiger partial charge in [-0.1, -0.05) is 6.07 Å². The van der Waals surface area contributed by atoms with E-state index in [4.69, 9.17) is 9.47 Å². The van der Waals surface area contributed by atoms with E-state index >= 15 is 0 Å². The van der Waals surface area contributed by atoms with Gasteiger partial charge in [-0.15, -0.1) is 0 Å². The van der Waals surface area contributed by atoms with Gasteiger partial charge in [0.2, 0.25) is 6.79 Å². The van der Waals surface area contributed by atoms with Gasteiger partial charge in [0.15, 0.2) is 11.5 Å². The summed E-state index contributed by atoms with van der Waals surface area (Å²) in [5.74, 6) is 1.37. The Hall–Kier alpha value is -3.13. The molecule has 4 rings (SSSR count). The Morgan fingerprint density at radius 3 is 2.89 bits per heavy atom. The zero-order chi connectivity index (χ0) is 19.5. The maximum absolute atomic E-state index is 12.5. The normalized spacial score (nSPS) is 12.1. The van der Waals surface area contributed by atoms with E-state index in [1.807, 2.05) is 56.6 Å². The third-order valence-electron chi connectivity index (χ3n) is 4.33. The number of hydrogen-bond acceptors (Lipinski definition) is 6. The second-order valence-corrected chi connectivity index (χ2v) is 7.33. The molecule has 28 heavy (non-hydrogen) atoms. The molecular formula is C20H20N4O3S. The average molecular weight is 396 g/mol. The quantitative estimate of drug-likeness (QED) is 0.621. The van der Waals surface area contributed by atoms with Gasteiger partial charge in [0.05, 0.1) is 6.20 Å². The molecule has 2 aromatic carbocycles. The van der Waals surface area contributed by atoms with Crippen molar-refractivity contribution in [3.05, 3.63) is 65.5 Å². The van der Waals surface area contributed by atoms with E-state index in [9.17, 15) is 4.79 Å². The second-order valence-electron chi connectivity index (χ2n) is 6.45. The van der Waals surface area contributed by atoms with Crippen LogP contribution in [0, 0.1) is 6.92 Å². The zero-order valence-corrected chi connectivity index (χ0v) is 16.4. The topological polar surface area (TPSA) is 77.4 Å². The van der Waals surface area contributed by atoms with Crippen LogP contribution in [0.3, 0.4) is 0 Å². The Labute approximate surface area is 167 Å². The molecular weight excluding hydrogens is 376 g/mol. The van der Waals surface area contributed by atoms with Crippen LogP contribution in [0.15, 0.2) is 53.7 Å². The lowest BCUT2D eigenvalue weighted by Crippen LogP contribution is -2.22. The molecule has 0 fully saturated rings. The van der Waals surface area contributed by atoms with E-state index < -0.39 is 0 Å². The molecule has 1 aliphatic rings. The first-order valence-electron chi connectivity index (χ1n) is 8.77. The Kier molecular flexibility index (Phi) is 5.12. The minimum atomic E-state index is -0.125. The summed E-state index contributed by atoms with van der Waals surface area (Å²) in [7, 11) is 1.85. The molecule has 1 aliphatic heterocycles. The van der Waals surface area contributed by atoms with Crippen LogP contribution < -0.4 is 19.5 Å². The number of hydrogen-bond donors (Lipinski definition) is 2. The Morgan fingerprint density at radius 1 is 1.21 bits per heavy atom. The third-order valence-corrected chi connectivity index (χ3v) is 5.15. The average Bonchev–Trinajstić information content (AvgIpc) is 3.33. The van der Waals surface area contributed by atoms with Crippen LogP contribution in [0.4, 0.5) is 5.69 Å². The lowest BCUT2D eigenvalue weighted by atomic mass is 10.1. The van der Waals surface area contributed by atoms with Crippen molar-refractivity contribution in [2.45, 2.75) is 18.4 Å². The van der Waals surface area contributed by atoms with Crippen LogP contribution in [-0.4, -0.2) is 22.5 Å². The van der Waals surface area contributed by atoms with Gasteiger partial charge in [0, 0.05) is 41.5 Å². The lowest BCUT2D eigenvalue weighted by molar-refractivity contribution is 0.0951. The number of fused-ring (bicyclic) bond motifs is 1. The molecule has 0 unspecified atom stereocenters. The van der Waals surface area contributed by atoms with Crippen molar-refractivity contribution in [2.24, 2.45) is 7.05 Å². The van der Waals surface area contributed by atoms with E-state index in [1.54, 1.807) is 10.9 Å². The maximum atomic E-state index is 12.5. The first kappa shape index (κ1) is 18.2. The standard InChI is InChI=1S/C20H20N4O3S/c1-13-3-4-15(20(25)21-9-14-10-22-24(2)11-14)7-17(13)23-28-16-5-6-18-19(8-16)27-12-26-18/h3-8,10-11,23H,9,12H2,1-2H3,(H,21,25). The van der Waals surface area contributed by atoms with Crippen LogP contribution in [-0.2, 0) is 13.6 Å². The Morgan fingerprint density at radius 2 is 2.07 bits per heavy atom. The molecule has 0 bridgehead atoms. The molecule has 2 N–H and O–H groups in total. The number of nitrogens with one attached hydrogen (secondary N) is 2. The fourth-order valence-corrected chi connectivity index (χ4v) is 3.52. The van der Waals surface area contributed by atoms with E-state index in [2.05, 4.69) is 15.1 Å². The molecule has 144 valence electrons. The molecule has 0 saturated carbocycles. The predicted molar refractivity (Wildman–Crippen MR) is 108 cm³/mol.